The first-order valence-electron chi connectivity index (χ1n) is 11.0. The maximum absolute atomic E-state index is 12.3. The van der Waals surface area contributed by atoms with E-state index in [2.05, 4.69) is 38.6 Å². The molecule has 0 bridgehead atoms. The maximum Gasteiger partial charge on any atom is 0.321 e. The second-order valence-electron chi connectivity index (χ2n) is 7.98. The van der Waals surface area contributed by atoms with Crippen LogP contribution in [0.4, 0.5) is 10.5 Å². The molecule has 3 rings (SSSR count). The van der Waals surface area contributed by atoms with Crippen molar-refractivity contribution in [3.05, 3.63) is 35.9 Å². The molecule has 1 aromatic rings. The number of ether oxygens (including phenoxy) is 1. The van der Waals surface area contributed by atoms with Gasteiger partial charge in [0.25, 0.3) is 0 Å². The van der Waals surface area contributed by atoms with Gasteiger partial charge in [0, 0.05) is 38.4 Å². The Hall–Kier alpha value is -2.54. The third-order valence-electron chi connectivity index (χ3n) is 5.76. The number of benzene rings is 1. The number of nitrogens with zero attached hydrogens (tertiary/aromatic N) is 2. The standard InChI is InChI=1S/C23H34N4O3/c1-30-21-10-8-20(9-11-21)27-15-5-14-26(16-17-27)18-22(28)25-23(29)24-13-12-19-6-3-2-4-7-19/h6,8-11H,2-5,7,12-18H2,1H3,(H2,24,25,28,29). The molecule has 7 heteroatoms. The van der Waals surface area contributed by atoms with Crippen molar-refractivity contribution >= 4 is 17.6 Å². The van der Waals surface area contributed by atoms with E-state index in [9.17, 15) is 9.59 Å². The quantitative estimate of drug-likeness (QED) is 0.671. The monoisotopic (exact) mass is 414 g/mol. The van der Waals surface area contributed by atoms with Gasteiger partial charge in [-0.2, -0.15) is 0 Å². The zero-order valence-corrected chi connectivity index (χ0v) is 18.0. The lowest BCUT2D eigenvalue weighted by atomic mass is 9.97. The van der Waals surface area contributed by atoms with Crippen molar-refractivity contribution in [2.24, 2.45) is 0 Å². The van der Waals surface area contributed by atoms with E-state index >= 15 is 0 Å². The van der Waals surface area contributed by atoms with Gasteiger partial charge in [0.15, 0.2) is 0 Å². The molecule has 0 atom stereocenters. The molecule has 2 aliphatic rings. The van der Waals surface area contributed by atoms with Gasteiger partial charge >= 0.3 is 6.03 Å². The molecule has 1 saturated heterocycles. The lowest BCUT2D eigenvalue weighted by Gasteiger charge is -2.23. The van der Waals surface area contributed by atoms with Crippen molar-refractivity contribution in [3.8, 4) is 5.75 Å². The second kappa shape index (κ2) is 11.6. The topological polar surface area (TPSA) is 73.9 Å². The third kappa shape index (κ3) is 7.06. The second-order valence-corrected chi connectivity index (χ2v) is 7.98. The van der Waals surface area contributed by atoms with E-state index in [4.69, 9.17) is 4.74 Å². The summed E-state index contributed by atoms with van der Waals surface area (Å²) >= 11 is 0. The van der Waals surface area contributed by atoms with Crippen LogP contribution in [0.25, 0.3) is 0 Å². The highest BCUT2D eigenvalue weighted by Gasteiger charge is 2.18. The number of rotatable bonds is 7. The number of urea groups is 1. The van der Waals surface area contributed by atoms with Crippen molar-refractivity contribution in [1.82, 2.24) is 15.5 Å². The Kier molecular flexibility index (Phi) is 8.56. The Bertz CT molecular complexity index is 732. The Labute approximate surface area is 179 Å². The number of anilines is 1. The SMILES string of the molecule is COc1ccc(N2CCCN(CC(=O)NC(=O)NCCC3=CCCCC3)CC2)cc1. The summed E-state index contributed by atoms with van der Waals surface area (Å²) in [7, 11) is 1.67. The molecule has 0 saturated carbocycles. The molecule has 1 fully saturated rings. The van der Waals surface area contributed by atoms with E-state index in [0.717, 1.165) is 63.3 Å². The fourth-order valence-electron chi connectivity index (χ4n) is 4.06. The fraction of sp³-hybridized carbons (Fsp3) is 0.565. The minimum absolute atomic E-state index is 0.245. The highest BCUT2D eigenvalue weighted by Crippen LogP contribution is 2.21. The van der Waals surface area contributed by atoms with Crippen molar-refractivity contribution < 1.29 is 14.3 Å². The molecular formula is C23H34N4O3. The summed E-state index contributed by atoms with van der Waals surface area (Å²) in [5, 5.41) is 5.26. The normalized spacial score (nSPS) is 17.6. The van der Waals surface area contributed by atoms with Crippen LogP contribution >= 0.6 is 0 Å². The average molecular weight is 415 g/mol. The summed E-state index contributed by atoms with van der Waals surface area (Å²) in [5.74, 6) is 0.600. The zero-order chi connectivity index (χ0) is 21.2. The fourth-order valence-corrected chi connectivity index (χ4v) is 4.06. The van der Waals surface area contributed by atoms with Crippen LogP contribution in [0.2, 0.25) is 0 Å². The number of methoxy groups -OCH3 is 1. The highest BCUT2D eigenvalue weighted by atomic mass is 16.5. The molecule has 0 spiro atoms. The highest BCUT2D eigenvalue weighted by molar-refractivity contribution is 5.95. The van der Waals surface area contributed by atoms with Crippen LogP contribution < -0.4 is 20.3 Å². The van der Waals surface area contributed by atoms with Crippen LogP contribution in [0, 0.1) is 0 Å². The molecular weight excluding hydrogens is 380 g/mol. The van der Waals surface area contributed by atoms with Crippen LogP contribution in [0.3, 0.4) is 0 Å². The molecule has 164 valence electrons. The summed E-state index contributed by atoms with van der Waals surface area (Å²) in [5.41, 5.74) is 2.58. The van der Waals surface area contributed by atoms with Crippen LogP contribution in [0.15, 0.2) is 35.9 Å². The average Bonchev–Trinajstić information content (AvgIpc) is 3.00. The molecule has 1 heterocycles. The van der Waals surface area contributed by atoms with Crippen molar-refractivity contribution in [2.45, 2.75) is 38.5 Å². The predicted octanol–water partition coefficient (Wildman–Crippen LogP) is 2.92. The minimum Gasteiger partial charge on any atom is -0.497 e. The van der Waals surface area contributed by atoms with E-state index in [1.807, 2.05) is 12.1 Å². The summed E-state index contributed by atoms with van der Waals surface area (Å²) in [4.78, 5) is 28.7. The Balaban J connectivity index is 1.36. The molecule has 1 aliphatic heterocycles. The number of carbonyl (C=O) groups excluding carboxylic acids is 2. The predicted molar refractivity (Wildman–Crippen MR) is 119 cm³/mol. The van der Waals surface area contributed by atoms with Gasteiger partial charge in [-0.25, -0.2) is 4.79 Å². The number of imide groups is 1. The Morgan fingerprint density at radius 2 is 1.87 bits per heavy atom. The van der Waals surface area contributed by atoms with E-state index in [1.165, 1.54) is 18.4 Å². The number of hydrogen-bond acceptors (Lipinski definition) is 5. The molecule has 0 radical (unpaired) electrons. The molecule has 1 aliphatic carbocycles. The summed E-state index contributed by atoms with van der Waals surface area (Å²) < 4.78 is 5.22. The molecule has 0 aromatic heterocycles. The molecule has 30 heavy (non-hydrogen) atoms. The molecule has 2 N–H and O–H groups in total. The van der Waals surface area contributed by atoms with Gasteiger partial charge in [-0.05, 0) is 62.8 Å². The number of nitrogens with one attached hydrogen (secondary N) is 2. The van der Waals surface area contributed by atoms with E-state index < -0.39 is 6.03 Å². The van der Waals surface area contributed by atoms with E-state index in [0.29, 0.717) is 6.54 Å². The van der Waals surface area contributed by atoms with Gasteiger partial charge in [0.1, 0.15) is 5.75 Å². The zero-order valence-electron chi connectivity index (χ0n) is 18.0. The van der Waals surface area contributed by atoms with Crippen LogP contribution in [-0.4, -0.2) is 63.2 Å². The molecule has 1 aromatic carbocycles. The van der Waals surface area contributed by atoms with Crippen LogP contribution in [0.5, 0.6) is 5.75 Å². The lowest BCUT2D eigenvalue weighted by molar-refractivity contribution is -0.121. The number of carbonyl (C=O) groups is 2. The van der Waals surface area contributed by atoms with E-state index in [1.54, 1.807) is 7.11 Å². The lowest BCUT2D eigenvalue weighted by Crippen LogP contribution is -2.45. The first kappa shape index (κ1) is 22.2. The van der Waals surface area contributed by atoms with E-state index in [-0.39, 0.29) is 12.5 Å². The number of allylic oxidation sites excluding steroid dienone is 1. The summed E-state index contributed by atoms with van der Waals surface area (Å²) in [6.07, 6.45) is 8.90. The maximum atomic E-state index is 12.3. The molecule has 7 nitrogen and oxygen atoms in total. The van der Waals surface area contributed by atoms with Gasteiger partial charge in [-0.3, -0.25) is 15.0 Å². The smallest absolute Gasteiger partial charge is 0.321 e. The minimum atomic E-state index is -0.397. The molecule has 3 amide bonds. The number of amides is 3. The number of hydrogen-bond donors (Lipinski definition) is 2. The van der Waals surface area contributed by atoms with Crippen molar-refractivity contribution in [3.63, 3.8) is 0 Å². The largest absolute Gasteiger partial charge is 0.497 e. The van der Waals surface area contributed by atoms with Gasteiger partial charge in [0.2, 0.25) is 5.91 Å². The first-order chi connectivity index (χ1) is 14.6. The van der Waals surface area contributed by atoms with Crippen molar-refractivity contribution in [2.75, 3.05) is 51.3 Å². The van der Waals surface area contributed by atoms with Crippen LogP contribution in [0.1, 0.15) is 38.5 Å². The van der Waals surface area contributed by atoms with Crippen LogP contribution in [-0.2, 0) is 4.79 Å². The summed E-state index contributed by atoms with van der Waals surface area (Å²) in [6, 6.07) is 7.67. The van der Waals surface area contributed by atoms with Gasteiger partial charge in [0.05, 0.1) is 13.7 Å². The van der Waals surface area contributed by atoms with Gasteiger partial charge < -0.3 is 15.0 Å². The molecule has 0 unspecified atom stereocenters. The summed E-state index contributed by atoms with van der Waals surface area (Å²) in [6.45, 7) is 4.24. The first-order valence-corrected chi connectivity index (χ1v) is 11.0. The van der Waals surface area contributed by atoms with Crippen molar-refractivity contribution in [1.29, 1.82) is 0 Å². The Morgan fingerprint density at radius 1 is 1.03 bits per heavy atom. The Morgan fingerprint density at radius 3 is 2.60 bits per heavy atom. The van der Waals surface area contributed by atoms with Gasteiger partial charge in [-0.15, -0.1) is 0 Å². The van der Waals surface area contributed by atoms with Gasteiger partial charge in [-0.1, -0.05) is 11.6 Å². The third-order valence-corrected chi connectivity index (χ3v) is 5.76.